The number of nitrogens with zero attached hydrogens (tertiary/aromatic N) is 7. The van der Waals surface area contributed by atoms with E-state index in [1.807, 2.05) is 25.1 Å². The molecule has 3 heterocycles. The smallest absolute Gasteiger partial charge is 0.226 e. The molecule has 7 nitrogen and oxygen atoms in total. The van der Waals surface area contributed by atoms with Crippen LogP contribution in [0.2, 0.25) is 0 Å². The van der Waals surface area contributed by atoms with E-state index in [0.717, 1.165) is 53.6 Å². The van der Waals surface area contributed by atoms with Crippen LogP contribution in [0.25, 0.3) is 0 Å². The molecule has 3 aromatic rings. The van der Waals surface area contributed by atoms with Gasteiger partial charge in [-0.2, -0.15) is 4.98 Å². The van der Waals surface area contributed by atoms with Gasteiger partial charge in [-0.3, -0.25) is 0 Å². The number of piperazine rings is 1. The van der Waals surface area contributed by atoms with Crippen molar-refractivity contribution in [2.75, 3.05) is 55.0 Å². The lowest BCUT2D eigenvalue weighted by Crippen LogP contribution is -2.46. The van der Waals surface area contributed by atoms with E-state index in [9.17, 15) is 4.39 Å². The van der Waals surface area contributed by atoms with Crippen LogP contribution in [0.5, 0.6) is 0 Å². The molecule has 0 bridgehead atoms. The highest BCUT2D eigenvalue weighted by molar-refractivity contribution is 7.15. The van der Waals surface area contributed by atoms with E-state index in [1.54, 1.807) is 29.7 Å². The second kappa shape index (κ2) is 8.05. The van der Waals surface area contributed by atoms with Gasteiger partial charge in [0.2, 0.25) is 11.1 Å². The molecule has 0 N–H and O–H groups in total. The summed E-state index contributed by atoms with van der Waals surface area (Å²) in [4.78, 5) is 15.3. The average Bonchev–Trinajstić information content (AvgIpc) is 3.18. The lowest BCUT2D eigenvalue weighted by atomic mass is 10.2. The molecule has 146 valence electrons. The molecule has 0 atom stereocenters. The molecule has 0 amide bonds. The van der Waals surface area contributed by atoms with Gasteiger partial charge in [-0.15, -0.1) is 10.2 Å². The number of anilines is 3. The molecular formula is C19H22FN7S. The summed E-state index contributed by atoms with van der Waals surface area (Å²) in [5.74, 6) is 1.45. The number of rotatable bonds is 5. The van der Waals surface area contributed by atoms with Crippen LogP contribution in [0.15, 0.2) is 36.5 Å². The standard InChI is InChI=1S/C19H22FN7S/c1-25(2)18-21-8-7-16(22-18)26-9-11-27(12-10-26)19-24-23-17(28-19)13-14-3-5-15(20)6-4-14/h3-8H,9-13H2,1-2H3. The zero-order chi connectivity index (χ0) is 19.5. The minimum Gasteiger partial charge on any atom is -0.353 e. The van der Waals surface area contributed by atoms with Gasteiger partial charge >= 0.3 is 0 Å². The highest BCUT2D eigenvalue weighted by Gasteiger charge is 2.21. The molecule has 0 aliphatic carbocycles. The summed E-state index contributed by atoms with van der Waals surface area (Å²) in [6.07, 6.45) is 2.47. The summed E-state index contributed by atoms with van der Waals surface area (Å²) >= 11 is 1.60. The summed E-state index contributed by atoms with van der Waals surface area (Å²) in [5.41, 5.74) is 1.04. The van der Waals surface area contributed by atoms with Gasteiger partial charge in [-0.25, -0.2) is 9.37 Å². The third-order valence-corrected chi connectivity index (χ3v) is 5.61. The Balaban J connectivity index is 1.37. The van der Waals surface area contributed by atoms with Crippen molar-refractivity contribution in [3.8, 4) is 0 Å². The van der Waals surface area contributed by atoms with Crippen LogP contribution < -0.4 is 14.7 Å². The van der Waals surface area contributed by atoms with E-state index < -0.39 is 0 Å². The van der Waals surface area contributed by atoms with E-state index in [4.69, 9.17) is 0 Å². The molecule has 0 saturated carbocycles. The van der Waals surface area contributed by atoms with E-state index in [-0.39, 0.29) is 5.82 Å². The SMILES string of the molecule is CN(C)c1nccc(N2CCN(c3nnc(Cc4ccc(F)cc4)s3)CC2)n1. The maximum Gasteiger partial charge on any atom is 0.226 e. The molecule has 2 aromatic heterocycles. The van der Waals surface area contributed by atoms with Crippen molar-refractivity contribution >= 4 is 28.2 Å². The fourth-order valence-electron chi connectivity index (χ4n) is 3.08. The summed E-state index contributed by atoms with van der Waals surface area (Å²) in [6.45, 7) is 3.48. The van der Waals surface area contributed by atoms with Crippen molar-refractivity contribution in [2.45, 2.75) is 6.42 Å². The third kappa shape index (κ3) is 4.19. The van der Waals surface area contributed by atoms with E-state index in [1.165, 1.54) is 12.1 Å². The van der Waals surface area contributed by atoms with Crippen LogP contribution in [0.3, 0.4) is 0 Å². The summed E-state index contributed by atoms with van der Waals surface area (Å²) in [5, 5.41) is 10.5. The van der Waals surface area contributed by atoms with Crippen molar-refractivity contribution in [3.05, 3.63) is 52.9 Å². The van der Waals surface area contributed by atoms with Gasteiger partial charge in [0.25, 0.3) is 0 Å². The minimum absolute atomic E-state index is 0.221. The Bertz CT molecular complexity index is 920. The largest absolute Gasteiger partial charge is 0.353 e. The zero-order valence-electron chi connectivity index (χ0n) is 15.9. The Hall–Kier alpha value is -2.81. The van der Waals surface area contributed by atoms with Gasteiger partial charge in [0.05, 0.1) is 0 Å². The lowest BCUT2D eigenvalue weighted by Gasteiger charge is -2.35. The lowest BCUT2D eigenvalue weighted by molar-refractivity contribution is 0.627. The number of halogens is 1. The molecule has 1 aliphatic rings. The van der Waals surface area contributed by atoms with Crippen molar-refractivity contribution in [1.29, 1.82) is 0 Å². The van der Waals surface area contributed by atoms with Crippen LogP contribution in [0, 0.1) is 5.82 Å². The number of hydrogen-bond donors (Lipinski definition) is 0. The summed E-state index contributed by atoms with van der Waals surface area (Å²) in [7, 11) is 3.88. The molecule has 1 aromatic carbocycles. The zero-order valence-corrected chi connectivity index (χ0v) is 16.7. The third-order valence-electron chi connectivity index (χ3n) is 4.63. The number of benzene rings is 1. The molecule has 9 heteroatoms. The summed E-state index contributed by atoms with van der Waals surface area (Å²) < 4.78 is 13.0. The van der Waals surface area contributed by atoms with Gasteiger partial charge in [0, 0.05) is 52.9 Å². The van der Waals surface area contributed by atoms with Crippen molar-refractivity contribution in [3.63, 3.8) is 0 Å². The Morgan fingerprint density at radius 3 is 2.43 bits per heavy atom. The monoisotopic (exact) mass is 399 g/mol. The first-order valence-corrected chi connectivity index (χ1v) is 9.97. The molecule has 0 radical (unpaired) electrons. The second-order valence-corrected chi connectivity index (χ2v) is 7.91. The second-order valence-electron chi connectivity index (χ2n) is 6.86. The molecule has 28 heavy (non-hydrogen) atoms. The van der Waals surface area contributed by atoms with Crippen molar-refractivity contribution < 1.29 is 4.39 Å². The summed E-state index contributed by atoms with van der Waals surface area (Å²) in [6, 6.07) is 8.49. The number of aromatic nitrogens is 4. The van der Waals surface area contributed by atoms with Gasteiger partial charge in [0.15, 0.2) is 0 Å². The molecule has 1 fully saturated rings. The van der Waals surface area contributed by atoms with E-state index >= 15 is 0 Å². The van der Waals surface area contributed by atoms with Crippen LogP contribution in [0.1, 0.15) is 10.6 Å². The average molecular weight is 399 g/mol. The molecule has 0 spiro atoms. The fraction of sp³-hybridized carbons (Fsp3) is 0.368. The van der Waals surface area contributed by atoms with Gasteiger partial charge in [0.1, 0.15) is 16.6 Å². The predicted octanol–water partition coefficient (Wildman–Crippen LogP) is 2.45. The first-order valence-electron chi connectivity index (χ1n) is 9.15. The Morgan fingerprint density at radius 2 is 1.71 bits per heavy atom. The van der Waals surface area contributed by atoms with Crippen molar-refractivity contribution in [2.24, 2.45) is 0 Å². The molecule has 4 rings (SSSR count). The van der Waals surface area contributed by atoms with Crippen LogP contribution in [-0.2, 0) is 6.42 Å². The normalized spacial score (nSPS) is 14.4. The topological polar surface area (TPSA) is 61.3 Å². The van der Waals surface area contributed by atoms with E-state index in [0.29, 0.717) is 6.42 Å². The Kier molecular flexibility index (Phi) is 5.34. The number of hydrogen-bond acceptors (Lipinski definition) is 8. The fourth-order valence-corrected chi connectivity index (χ4v) is 4.00. The maximum atomic E-state index is 13.0. The maximum absolute atomic E-state index is 13.0. The molecule has 1 aliphatic heterocycles. The predicted molar refractivity (Wildman–Crippen MR) is 110 cm³/mol. The van der Waals surface area contributed by atoms with Gasteiger partial charge in [-0.1, -0.05) is 23.5 Å². The van der Waals surface area contributed by atoms with Crippen LogP contribution in [-0.4, -0.2) is 60.4 Å². The van der Waals surface area contributed by atoms with Gasteiger partial charge < -0.3 is 14.7 Å². The highest BCUT2D eigenvalue weighted by Crippen LogP contribution is 2.25. The molecule has 1 saturated heterocycles. The van der Waals surface area contributed by atoms with Crippen molar-refractivity contribution in [1.82, 2.24) is 20.2 Å². The quantitative estimate of drug-likeness (QED) is 0.653. The van der Waals surface area contributed by atoms with Crippen LogP contribution >= 0.6 is 11.3 Å². The van der Waals surface area contributed by atoms with Gasteiger partial charge in [-0.05, 0) is 23.8 Å². The molecular weight excluding hydrogens is 377 g/mol. The highest BCUT2D eigenvalue weighted by atomic mass is 32.1. The van der Waals surface area contributed by atoms with E-state index in [2.05, 4.69) is 30.0 Å². The molecule has 0 unspecified atom stereocenters. The first kappa shape index (κ1) is 18.5. The Morgan fingerprint density at radius 1 is 1.00 bits per heavy atom. The van der Waals surface area contributed by atoms with Crippen LogP contribution in [0.4, 0.5) is 21.3 Å². The first-order chi connectivity index (χ1) is 13.6. The Labute approximate surface area is 167 Å². The minimum atomic E-state index is -0.221.